The van der Waals surface area contributed by atoms with Crippen LogP contribution < -0.4 is 0 Å². The lowest BCUT2D eigenvalue weighted by molar-refractivity contribution is -0.392. The van der Waals surface area contributed by atoms with Gasteiger partial charge in [-0.3, -0.25) is 0 Å². The van der Waals surface area contributed by atoms with Crippen molar-refractivity contribution in [1.82, 2.24) is 4.98 Å². The number of halogens is 5. The van der Waals surface area contributed by atoms with E-state index in [0.29, 0.717) is 0 Å². The fraction of sp³-hybridized carbons (Fsp3) is 0.250. The van der Waals surface area contributed by atoms with E-state index in [0.717, 1.165) is 6.07 Å². The van der Waals surface area contributed by atoms with Crippen LogP contribution in [0.3, 0.4) is 0 Å². The molecule has 0 fully saturated rings. The summed E-state index contributed by atoms with van der Waals surface area (Å²) in [4.78, 5) is 11.6. The van der Waals surface area contributed by atoms with Crippen LogP contribution in [0.2, 0.25) is 0 Å². The van der Waals surface area contributed by atoms with E-state index < -0.39 is 40.0 Å². The fourth-order valence-electron chi connectivity index (χ4n) is 1.21. The lowest BCUT2D eigenvalue weighted by Crippen LogP contribution is -2.15. The zero-order chi connectivity index (χ0) is 14.1. The Morgan fingerprint density at radius 3 is 2.33 bits per heavy atom. The molecule has 0 radical (unpaired) electrons. The van der Waals surface area contributed by atoms with E-state index in [-0.39, 0.29) is 6.20 Å². The van der Waals surface area contributed by atoms with Gasteiger partial charge < -0.3 is 10.1 Å². The van der Waals surface area contributed by atoms with Crippen molar-refractivity contribution in [1.29, 1.82) is 5.26 Å². The van der Waals surface area contributed by atoms with Gasteiger partial charge in [-0.1, -0.05) is 0 Å². The maximum absolute atomic E-state index is 12.6. The van der Waals surface area contributed by atoms with Crippen LogP contribution in [0, 0.1) is 21.4 Å². The summed E-state index contributed by atoms with van der Waals surface area (Å²) in [5.74, 6) is -1.68. The third-order valence-electron chi connectivity index (χ3n) is 1.89. The Hall–Kier alpha value is -2.31. The Kier molecular flexibility index (Phi) is 3.45. The SMILES string of the molecule is N#Cc1c(C(F)F)cnc([N+](=O)[O-])c1C(F)(F)F. The monoisotopic (exact) mass is 267 g/mol. The van der Waals surface area contributed by atoms with Gasteiger partial charge in [0.05, 0.1) is 11.1 Å². The van der Waals surface area contributed by atoms with Crippen molar-refractivity contribution in [2.24, 2.45) is 0 Å². The molecular weight excluding hydrogens is 265 g/mol. The molecule has 0 aromatic carbocycles. The van der Waals surface area contributed by atoms with Gasteiger partial charge in [-0.05, 0) is 9.91 Å². The minimum absolute atomic E-state index is 0.191. The predicted molar refractivity (Wildman–Crippen MR) is 45.6 cm³/mol. The van der Waals surface area contributed by atoms with Gasteiger partial charge in [0.15, 0.2) is 11.8 Å². The predicted octanol–water partition coefficient (Wildman–Crippen LogP) is 2.82. The zero-order valence-corrected chi connectivity index (χ0v) is 8.20. The number of nitro groups is 1. The molecule has 0 N–H and O–H groups in total. The summed E-state index contributed by atoms with van der Waals surface area (Å²) >= 11 is 0. The highest BCUT2D eigenvalue weighted by Gasteiger charge is 2.44. The highest BCUT2D eigenvalue weighted by molar-refractivity contribution is 5.52. The van der Waals surface area contributed by atoms with Gasteiger partial charge in [0.25, 0.3) is 6.43 Å². The molecule has 10 heteroatoms. The molecule has 0 saturated carbocycles. The molecule has 0 aliphatic heterocycles. The largest absolute Gasteiger partial charge is 0.425 e. The van der Waals surface area contributed by atoms with E-state index in [2.05, 4.69) is 4.98 Å². The van der Waals surface area contributed by atoms with Crippen LogP contribution in [0.5, 0.6) is 0 Å². The van der Waals surface area contributed by atoms with Crippen LogP contribution in [0.15, 0.2) is 6.20 Å². The molecule has 0 bridgehead atoms. The summed E-state index contributed by atoms with van der Waals surface area (Å²) in [7, 11) is 0. The summed E-state index contributed by atoms with van der Waals surface area (Å²) in [5.41, 5.74) is -4.84. The zero-order valence-electron chi connectivity index (χ0n) is 8.20. The maximum Gasteiger partial charge on any atom is 0.425 e. The van der Waals surface area contributed by atoms with Crippen molar-refractivity contribution >= 4 is 5.82 Å². The lowest BCUT2D eigenvalue weighted by atomic mass is 10.0. The summed E-state index contributed by atoms with van der Waals surface area (Å²) in [5, 5.41) is 18.8. The molecule has 0 spiro atoms. The van der Waals surface area contributed by atoms with Crippen LogP contribution in [0.4, 0.5) is 27.8 Å². The van der Waals surface area contributed by atoms with Crippen molar-refractivity contribution in [2.45, 2.75) is 12.6 Å². The molecule has 0 atom stereocenters. The molecule has 18 heavy (non-hydrogen) atoms. The smallest absolute Gasteiger partial charge is 0.358 e. The molecule has 0 saturated heterocycles. The Labute approximate surface area is 95.6 Å². The second-order valence-electron chi connectivity index (χ2n) is 2.95. The van der Waals surface area contributed by atoms with Gasteiger partial charge in [-0.2, -0.15) is 18.4 Å². The number of aromatic nitrogens is 1. The van der Waals surface area contributed by atoms with Gasteiger partial charge >= 0.3 is 12.0 Å². The number of hydrogen-bond acceptors (Lipinski definition) is 4. The second kappa shape index (κ2) is 4.52. The Morgan fingerprint density at radius 1 is 1.44 bits per heavy atom. The lowest BCUT2D eigenvalue weighted by Gasteiger charge is -2.10. The third kappa shape index (κ3) is 2.34. The molecule has 1 aromatic rings. The van der Waals surface area contributed by atoms with Crippen LogP contribution in [-0.4, -0.2) is 9.91 Å². The molecule has 1 heterocycles. The first-order valence-electron chi connectivity index (χ1n) is 4.12. The normalized spacial score (nSPS) is 11.4. The molecule has 0 aliphatic rings. The first-order valence-corrected chi connectivity index (χ1v) is 4.12. The average molecular weight is 267 g/mol. The molecule has 96 valence electrons. The molecule has 0 unspecified atom stereocenters. The van der Waals surface area contributed by atoms with Crippen molar-refractivity contribution in [2.75, 3.05) is 0 Å². The summed E-state index contributed by atoms with van der Waals surface area (Å²) < 4.78 is 62.5. The summed E-state index contributed by atoms with van der Waals surface area (Å²) in [6, 6.07) is 0.903. The summed E-state index contributed by atoms with van der Waals surface area (Å²) in [6.07, 6.45) is -8.53. The van der Waals surface area contributed by atoms with Gasteiger partial charge in [0, 0.05) is 0 Å². The van der Waals surface area contributed by atoms with E-state index >= 15 is 0 Å². The van der Waals surface area contributed by atoms with Crippen LogP contribution in [0.1, 0.15) is 23.1 Å². The van der Waals surface area contributed by atoms with Crippen LogP contribution in [0.25, 0.3) is 0 Å². The minimum atomic E-state index is -5.33. The molecule has 0 aliphatic carbocycles. The van der Waals surface area contributed by atoms with E-state index in [1.165, 1.54) is 0 Å². The molecule has 1 rings (SSSR count). The maximum atomic E-state index is 12.6. The van der Waals surface area contributed by atoms with E-state index in [9.17, 15) is 32.1 Å². The van der Waals surface area contributed by atoms with E-state index in [1.807, 2.05) is 0 Å². The summed E-state index contributed by atoms with van der Waals surface area (Å²) in [6.45, 7) is 0. The number of alkyl halides is 5. The van der Waals surface area contributed by atoms with Gasteiger partial charge in [0.1, 0.15) is 6.07 Å². The first kappa shape index (κ1) is 13.8. The van der Waals surface area contributed by atoms with Gasteiger partial charge in [-0.15, -0.1) is 0 Å². The second-order valence-corrected chi connectivity index (χ2v) is 2.95. The van der Waals surface area contributed by atoms with Crippen LogP contribution >= 0.6 is 0 Å². The van der Waals surface area contributed by atoms with Crippen molar-refractivity contribution in [3.8, 4) is 6.07 Å². The van der Waals surface area contributed by atoms with Crippen LogP contribution in [-0.2, 0) is 6.18 Å². The van der Waals surface area contributed by atoms with Crippen molar-refractivity contribution in [3.05, 3.63) is 33.0 Å². The Bertz CT molecular complexity index is 535. The third-order valence-corrected chi connectivity index (χ3v) is 1.89. The number of nitrogens with zero attached hydrogens (tertiary/aromatic N) is 3. The quantitative estimate of drug-likeness (QED) is 0.468. The van der Waals surface area contributed by atoms with Crippen molar-refractivity contribution < 1.29 is 26.9 Å². The molecular formula is C8H2F5N3O2. The minimum Gasteiger partial charge on any atom is -0.358 e. The number of pyridine rings is 1. The standard InChI is InChI=1S/C8H2F5N3O2/c9-6(10)4-2-15-7(16(17)18)5(3(4)1-14)8(11,12)13/h2,6H. The molecule has 1 aromatic heterocycles. The number of rotatable bonds is 2. The fourth-order valence-corrected chi connectivity index (χ4v) is 1.21. The Balaban J connectivity index is 3.75. The van der Waals surface area contributed by atoms with Crippen molar-refractivity contribution in [3.63, 3.8) is 0 Å². The highest BCUT2D eigenvalue weighted by Crippen LogP contribution is 2.40. The first-order chi connectivity index (χ1) is 8.20. The van der Waals surface area contributed by atoms with Gasteiger partial charge in [-0.25, -0.2) is 8.78 Å². The average Bonchev–Trinajstić information content (AvgIpc) is 2.25. The highest BCUT2D eigenvalue weighted by atomic mass is 19.4. The number of hydrogen-bond donors (Lipinski definition) is 0. The van der Waals surface area contributed by atoms with Gasteiger partial charge in [0.2, 0.25) is 0 Å². The van der Waals surface area contributed by atoms with E-state index in [1.54, 1.807) is 0 Å². The molecule has 0 amide bonds. The van der Waals surface area contributed by atoms with E-state index in [4.69, 9.17) is 5.26 Å². The molecule has 5 nitrogen and oxygen atoms in total. The number of nitriles is 1. The topological polar surface area (TPSA) is 79.8 Å². The Morgan fingerprint density at radius 2 is 2.00 bits per heavy atom.